The van der Waals surface area contributed by atoms with E-state index in [-0.39, 0.29) is 5.92 Å². The van der Waals surface area contributed by atoms with Gasteiger partial charge in [0.05, 0.1) is 20.1 Å². The van der Waals surface area contributed by atoms with Gasteiger partial charge in [-0.3, -0.25) is 0 Å². The Labute approximate surface area is 119 Å². The molecule has 0 radical (unpaired) electrons. The highest BCUT2D eigenvalue weighted by atomic mass is 16.5. The van der Waals surface area contributed by atoms with Gasteiger partial charge in [-0.15, -0.1) is 0 Å². The lowest BCUT2D eigenvalue weighted by Gasteiger charge is -2.28. The van der Waals surface area contributed by atoms with E-state index in [1.54, 1.807) is 14.2 Å². The summed E-state index contributed by atoms with van der Waals surface area (Å²) < 4.78 is 10.6. The van der Waals surface area contributed by atoms with Crippen molar-refractivity contribution in [2.45, 2.75) is 19.8 Å². The lowest BCUT2D eigenvalue weighted by Crippen LogP contribution is -2.31. The van der Waals surface area contributed by atoms with Gasteiger partial charge in [-0.25, -0.2) is 0 Å². The molecule has 5 N–H and O–H groups in total. The number of nitrogens with two attached hydrogens (primary N) is 2. The number of methoxy groups -OCH3 is 2. The summed E-state index contributed by atoms with van der Waals surface area (Å²) in [5.41, 5.74) is 16.7. The Hall–Kier alpha value is -2.30. The van der Waals surface area contributed by atoms with Crippen molar-refractivity contribution in [1.29, 1.82) is 0 Å². The summed E-state index contributed by atoms with van der Waals surface area (Å²) in [6.07, 6.45) is 0. The summed E-state index contributed by atoms with van der Waals surface area (Å²) in [5, 5.41) is 3.18. The van der Waals surface area contributed by atoms with Crippen LogP contribution in [0.5, 0.6) is 11.5 Å². The normalized spacial score (nSPS) is 16.2. The van der Waals surface area contributed by atoms with E-state index < -0.39 is 0 Å². The monoisotopic (exact) mass is 275 g/mol. The Balaban J connectivity index is 2.52. The third kappa shape index (κ3) is 2.27. The number of rotatable bonds is 3. The molecule has 0 fully saturated rings. The summed E-state index contributed by atoms with van der Waals surface area (Å²) in [7, 11) is 3.22. The van der Waals surface area contributed by atoms with Gasteiger partial charge >= 0.3 is 0 Å². The van der Waals surface area contributed by atoms with Crippen molar-refractivity contribution < 1.29 is 9.47 Å². The minimum Gasteiger partial charge on any atom is -0.493 e. The van der Waals surface area contributed by atoms with Crippen molar-refractivity contribution in [3.8, 4) is 11.5 Å². The zero-order valence-corrected chi connectivity index (χ0v) is 12.3. The summed E-state index contributed by atoms with van der Waals surface area (Å²) in [6.45, 7) is 3.89. The van der Waals surface area contributed by atoms with Crippen LogP contribution in [0.15, 0.2) is 41.0 Å². The van der Waals surface area contributed by atoms with Gasteiger partial charge in [0.2, 0.25) is 0 Å². The Morgan fingerprint density at radius 3 is 2.00 bits per heavy atom. The fraction of sp³-hybridized carbons (Fsp3) is 0.333. The molecule has 0 saturated carbocycles. The number of ether oxygens (including phenoxy) is 2. The SMILES string of the molecule is COc1ccc(C2C(N)=C(C)NC(C)=C2N)cc1OC. The van der Waals surface area contributed by atoms with Crippen LogP contribution in [0.4, 0.5) is 0 Å². The van der Waals surface area contributed by atoms with Gasteiger partial charge in [-0.1, -0.05) is 6.07 Å². The second kappa shape index (κ2) is 5.36. The molecule has 5 heteroatoms. The average Bonchev–Trinajstić information content (AvgIpc) is 2.45. The molecule has 20 heavy (non-hydrogen) atoms. The van der Waals surface area contributed by atoms with Crippen molar-refractivity contribution in [1.82, 2.24) is 5.32 Å². The minimum absolute atomic E-state index is 0.143. The maximum absolute atomic E-state index is 6.20. The zero-order valence-electron chi connectivity index (χ0n) is 12.3. The molecule has 0 amide bonds. The van der Waals surface area contributed by atoms with Crippen LogP contribution in [0.3, 0.4) is 0 Å². The molecule has 2 rings (SSSR count). The van der Waals surface area contributed by atoms with E-state index >= 15 is 0 Å². The highest BCUT2D eigenvalue weighted by molar-refractivity contribution is 5.50. The predicted octanol–water partition coefficient (Wildman–Crippen LogP) is 1.77. The minimum atomic E-state index is -0.143. The molecule has 1 heterocycles. The van der Waals surface area contributed by atoms with E-state index in [9.17, 15) is 0 Å². The van der Waals surface area contributed by atoms with E-state index in [1.165, 1.54) is 0 Å². The quantitative estimate of drug-likeness (QED) is 0.783. The van der Waals surface area contributed by atoms with Crippen LogP contribution in [0.2, 0.25) is 0 Å². The second-order valence-electron chi connectivity index (χ2n) is 4.83. The molecule has 0 saturated heterocycles. The van der Waals surface area contributed by atoms with Crippen LogP contribution in [0, 0.1) is 0 Å². The first-order valence-corrected chi connectivity index (χ1v) is 6.41. The van der Waals surface area contributed by atoms with Crippen molar-refractivity contribution in [3.05, 3.63) is 46.6 Å². The fourth-order valence-electron chi connectivity index (χ4n) is 2.42. The van der Waals surface area contributed by atoms with Crippen LogP contribution in [0.25, 0.3) is 0 Å². The Kier molecular flexibility index (Phi) is 3.79. The molecule has 108 valence electrons. The molecule has 1 aliphatic rings. The van der Waals surface area contributed by atoms with Crippen LogP contribution >= 0.6 is 0 Å². The molecule has 0 atom stereocenters. The molecule has 0 unspecified atom stereocenters. The average molecular weight is 275 g/mol. The van der Waals surface area contributed by atoms with Crippen LogP contribution in [-0.2, 0) is 0 Å². The molecular formula is C15H21N3O2. The number of allylic oxidation sites excluding steroid dienone is 2. The van der Waals surface area contributed by atoms with Gasteiger partial charge in [0.15, 0.2) is 11.5 Å². The molecule has 0 bridgehead atoms. The Bertz CT molecular complexity index is 567. The Morgan fingerprint density at radius 2 is 1.50 bits per heavy atom. The number of hydrogen-bond donors (Lipinski definition) is 3. The van der Waals surface area contributed by atoms with Gasteiger partial charge in [0.1, 0.15) is 0 Å². The van der Waals surface area contributed by atoms with Crippen LogP contribution < -0.4 is 26.3 Å². The lowest BCUT2D eigenvalue weighted by molar-refractivity contribution is 0.354. The van der Waals surface area contributed by atoms with Crippen LogP contribution in [-0.4, -0.2) is 14.2 Å². The maximum atomic E-state index is 6.20. The van der Waals surface area contributed by atoms with Crippen molar-refractivity contribution in [2.75, 3.05) is 14.2 Å². The van der Waals surface area contributed by atoms with E-state index in [1.807, 2.05) is 32.0 Å². The van der Waals surface area contributed by atoms with Gasteiger partial charge in [-0.2, -0.15) is 0 Å². The first-order chi connectivity index (χ1) is 9.49. The predicted molar refractivity (Wildman–Crippen MR) is 79.2 cm³/mol. The first-order valence-electron chi connectivity index (χ1n) is 6.41. The van der Waals surface area contributed by atoms with Crippen LogP contribution in [0.1, 0.15) is 25.3 Å². The highest BCUT2D eigenvalue weighted by Crippen LogP contribution is 2.37. The molecular weight excluding hydrogens is 254 g/mol. The highest BCUT2D eigenvalue weighted by Gasteiger charge is 2.26. The van der Waals surface area contributed by atoms with E-state index in [4.69, 9.17) is 20.9 Å². The summed E-state index contributed by atoms with van der Waals surface area (Å²) in [6, 6.07) is 5.73. The van der Waals surface area contributed by atoms with Gasteiger partial charge in [-0.05, 0) is 31.5 Å². The smallest absolute Gasteiger partial charge is 0.161 e. The maximum Gasteiger partial charge on any atom is 0.161 e. The molecule has 0 spiro atoms. The molecule has 1 aromatic carbocycles. The number of hydrogen-bond acceptors (Lipinski definition) is 5. The topological polar surface area (TPSA) is 82.5 Å². The van der Waals surface area contributed by atoms with E-state index in [2.05, 4.69) is 5.32 Å². The molecule has 5 nitrogen and oxygen atoms in total. The molecule has 1 aliphatic heterocycles. The summed E-state index contributed by atoms with van der Waals surface area (Å²) in [4.78, 5) is 0. The Morgan fingerprint density at radius 1 is 0.950 bits per heavy atom. The fourth-order valence-corrected chi connectivity index (χ4v) is 2.42. The molecule has 0 aromatic heterocycles. The summed E-state index contributed by atoms with van der Waals surface area (Å²) in [5.74, 6) is 1.21. The third-order valence-corrected chi connectivity index (χ3v) is 3.60. The van der Waals surface area contributed by atoms with Crippen molar-refractivity contribution in [2.24, 2.45) is 11.5 Å². The zero-order chi connectivity index (χ0) is 14.9. The third-order valence-electron chi connectivity index (χ3n) is 3.60. The standard InChI is InChI=1S/C15H21N3O2/c1-8-14(16)13(15(17)9(2)18-8)10-5-6-11(19-3)12(7-10)20-4/h5-7,13,18H,16-17H2,1-4H3. The van der Waals surface area contributed by atoms with E-state index in [0.29, 0.717) is 11.5 Å². The van der Waals surface area contributed by atoms with Gasteiger partial charge in [0, 0.05) is 22.8 Å². The van der Waals surface area contributed by atoms with Gasteiger partial charge < -0.3 is 26.3 Å². The largest absolute Gasteiger partial charge is 0.493 e. The number of nitrogens with one attached hydrogen (secondary N) is 1. The number of benzene rings is 1. The van der Waals surface area contributed by atoms with Crippen molar-refractivity contribution in [3.63, 3.8) is 0 Å². The summed E-state index contributed by atoms with van der Waals surface area (Å²) >= 11 is 0. The van der Waals surface area contributed by atoms with Gasteiger partial charge in [0.25, 0.3) is 0 Å². The molecule has 1 aromatic rings. The van der Waals surface area contributed by atoms with E-state index in [0.717, 1.165) is 28.4 Å². The van der Waals surface area contributed by atoms with Crippen molar-refractivity contribution >= 4 is 0 Å². The lowest BCUT2D eigenvalue weighted by atomic mass is 9.88. The first kappa shape index (κ1) is 14.1. The second-order valence-corrected chi connectivity index (χ2v) is 4.83. The number of dihydropyridines is 1. The molecule has 0 aliphatic carbocycles.